The highest BCUT2D eigenvalue weighted by molar-refractivity contribution is 6.30. The Morgan fingerprint density at radius 2 is 1.84 bits per heavy atom. The van der Waals surface area contributed by atoms with E-state index in [9.17, 15) is 0 Å². The van der Waals surface area contributed by atoms with Crippen LogP contribution in [0.2, 0.25) is 5.02 Å². The lowest BCUT2D eigenvalue weighted by atomic mass is 9.86. The van der Waals surface area contributed by atoms with Gasteiger partial charge in [0.2, 0.25) is 0 Å². The maximum Gasteiger partial charge on any atom is 0.0520 e. The van der Waals surface area contributed by atoms with E-state index in [-0.39, 0.29) is 5.54 Å². The second-order valence-corrected chi connectivity index (χ2v) is 6.18. The summed E-state index contributed by atoms with van der Waals surface area (Å²) in [4.78, 5) is 2.51. The molecule has 0 bridgehead atoms. The Morgan fingerprint density at radius 1 is 1.26 bits per heavy atom. The van der Waals surface area contributed by atoms with E-state index in [0.29, 0.717) is 12.6 Å². The molecular formula is C15H24ClN3. The Hall–Kier alpha value is -0.770. The summed E-state index contributed by atoms with van der Waals surface area (Å²) in [5.74, 6) is 0. The largest absolute Gasteiger partial charge is 0.378 e. The number of likely N-dealkylation sites (tertiary alicyclic amines) is 1. The molecule has 4 heteroatoms. The van der Waals surface area contributed by atoms with E-state index in [2.05, 4.69) is 24.1 Å². The van der Waals surface area contributed by atoms with Crippen LogP contribution in [0.5, 0.6) is 0 Å². The molecule has 1 heterocycles. The molecule has 1 saturated heterocycles. The van der Waals surface area contributed by atoms with Gasteiger partial charge in [-0.25, -0.2) is 0 Å². The van der Waals surface area contributed by atoms with E-state index in [1.807, 2.05) is 24.3 Å². The maximum absolute atomic E-state index is 6.03. The molecule has 1 aliphatic heterocycles. The topological polar surface area (TPSA) is 41.3 Å². The lowest BCUT2D eigenvalue weighted by Gasteiger charge is -2.43. The fraction of sp³-hybridized carbons (Fsp3) is 0.600. The predicted molar refractivity (Wildman–Crippen MR) is 82.8 cm³/mol. The van der Waals surface area contributed by atoms with Crippen LogP contribution < -0.4 is 11.1 Å². The van der Waals surface area contributed by atoms with Gasteiger partial charge in [0.25, 0.3) is 0 Å². The number of piperidine rings is 1. The van der Waals surface area contributed by atoms with Crippen molar-refractivity contribution in [2.45, 2.75) is 38.3 Å². The molecule has 1 fully saturated rings. The second-order valence-electron chi connectivity index (χ2n) is 5.75. The van der Waals surface area contributed by atoms with Gasteiger partial charge < -0.3 is 16.0 Å². The molecule has 0 spiro atoms. The molecular weight excluding hydrogens is 258 g/mol. The highest BCUT2D eigenvalue weighted by atomic mass is 35.5. The molecule has 2 rings (SSSR count). The minimum Gasteiger partial charge on any atom is -0.378 e. The average molecular weight is 282 g/mol. The van der Waals surface area contributed by atoms with Crippen LogP contribution in [-0.2, 0) is 0 Å². The molecule has 1 aromatic rings. The summed E-state index contributed by atoms with van der Waals surface area (Å²) < 4.78 is 0. The van der Waals surface area contributed by atoms with E-state index in [1.165, 1.54) is 0 Å². The van der Waals surface area contributed by atoms with Gasteiger partial charge in [-0.05, 0) is 51.0 Å². The number of nitrogens with zero attached hydrogens (tertiary/aromatic N) is 1. The molecule has 3 N–H and O–H groups in total. The molecule has 19 heavy (non-hydrogen) atoms. The fourth-order valence-electron chi connectivity index (χ4n) is 2.69. The normalized spacial score (nSPS) is 19.6. The number of hydrogen-bond donors (Lipinski definition) is 2. The quantitative estimate of drug-likeness (QED) is 0.892. The highest BCUT2D eigenvalue weighted by Gasteiger charge is 2.33. The van der Waals surface area contributed by atoms with Crippen molar-refractivity contribution in [1.82, 2.24) is 4.90 Å². The van der Waals surface area contributed by atoms with Crippen LogP contribution in [0.15, 0.2) is 24.3 Å². The van der Waals surface area contributed by atoms with Crippen LogP contribution in [0.25, 0.3) is 0 Å². The number of benzene rings is 1. The Kier molecular flexibility index (Phi) is 4.71. The molecule has 0 atom stereocenters. The molecule has 0 aromatic heterocycles. The van der Waals surface area contributed by atoms with Crippen molar-refractivity contribution in [2.24, 2.45) is 5.73 Å². The van der Waals surface area contributed by atoms with Gasteiger partial charge in [0.05, 0.1) is 5.54 Å². The highest BCUT2D eigenvalue weighted by Crippen LogP contribution is 2.27. The third-order valence-electron chi connectivity index (χ3n) is 4.13. The third-order valence-corrected chi connectivity index (χ3v) is 4.38. The number of halogens is 1. The fourth-order valence-corrected chi connectivity index (χ4v) is 2.81. The molecule has 1 aromatic carbocycles. The van der Waals surface area contributed by atoms with Gasteiger partial charge in [0, 0.05) is 36.4 Å². The van der Waals surface area contributed by atoms with E-state index in [0.717, 1.165) is 36.6 Å². The van der Waals surface area contributed by atoms with Crippen molar-refractivity contribution in [3.63, 3.8) is 0 Å². The number of anilines is 1. The minimum atomic E-state index is 0.0270. The van der Waals surface area contributed by atoms with E-state index < -0.39 is 0 Å². The van der Waals surface area contributed by atoms with Gasteiger partial charge in [0.1, 0.15) is 0 Å². The van der Waals surface area contributed by atoms with Crippen LogP contribution in [0.4, 0.5) is 5.69 Å². The van der Waals surface area contributed by atoms with Crippen molar-refractivity contribution in [2.75, 3.05) is 25.0 Å². The summed E-state index contributed by atoms with van der Waals surface area (Å²) in [5.41, 5.74) is 7.16. The molecule has 0 amide bonds. The lowest BCUT2D eigenvalue weighted by Crippen LogP contribution is -2.54. The van der Waals surface area contributed by atoms with Crippen molar-refractivity contribution in [3.05, 3.63) is 29.3 Å². The Balaban J connectivity index is 2.02. The van der Waals surface area contributed by atoms with Crippen LogP contribution in [-0.4, -0.2) is 36.1 Å². The molecule has 106 valence electrons. The summed E-state index contributed by atoms with van der Waals surface area (Å²) in [7, 11) is 0. The average Bonchev–Trinajstić information content (AvgIpc) is 2.42. The zero-order valence-electron chi connectivity index (χ0n) is 11.8. The predicted octanol–water partition coefficient (Wildman–Crippen LogP) is 2.95. The molecule has 3 nitrogen and oxygen atoms in total. The van der Waals surface area contributed by atoms with Crippen molar-refractivity contribution in [1.29, 1.82) is 0 Å². The van der Waals surface area contributed by atoms with Crippen LogP contribution in [0, 0.1) is 0 Å². The van der Waals surface area contributed by atoms with Gasteiger partial charge >= 0.3 is 0 Å². The standard InChI is InChI=1S/C15H24ClN3/c1-12(2)19-9-7-15(11-17,8-10-19)18-14-5-3-13(16)4-6-14/h3-6,12,18H,7-11,17H2,1-2H3. The molecule has 0 unspecified atom stereocenters. The molecule has 0 aliphatic carbocycles. The van der Waals surface area contributed by atoms with Gasteiger partial charge in [-0.3, -0.25) is 0 Å². The van der Waals surface area contributed by atoms with E-state index >= 15 is 0 Å². The Morgan fingerprint density at radius 3 is 2.32 bits per heavy atom. The minimum absolute atomic E-state index is 0.0270. The summed E-state index contributed by atoms with van der Waals surface area (Å²) in [5, 5.41) is 4.39. The number of rotatable bonds is 4. The van der Waals surface area contributed by atoms with Crippen molar-refractivity contribution >= 4 is 17.3 Å². The van der Waals surface area contributed by atoms with Gasteiger partial charge in [-0.2, -0.15) is 0 Å². The first-order valence-electron chi connectivity index (χ1n) is 7.02. The maximum atomic E-state index is 6.03. The number of nitrogens with one attached hydrogen (secondary N) is 1. The van der Waals surface area contributed by atoms with Crippen LogP contribution >= 0.6 is 11.6 Å². The number of nitrogens with two attached hydrogens (primary N) is 1. The van der Waals surface area contributed by atoms with Crippen molar-refractivity contribution in [3.8, 4) is 0 Å². The van der Waals surface area contributed by atoms with Gasteiger partial charge in [0.15, 0.2) is 0 Å². The SMILES string of the molecule is CC(C)N1CCC(CN)(Nc2ccc(Cl)cc2)CC1. The first-order valence-corrected chi connectivity index (χ1v) is 7.40. The number of hydrogen-bond acceptors (Lipinski definition) is 3. The summed E-state index contributed by atoms with van der Waals surface area (Å²) in [6.07, 6.45) is 2.18. The second kappa shape index (κ2) is 6.12. The van der Waals surface area contributed by atoms with Crippen LogP contribution in [0.1, 0.15) is 26.7 Å². The molecule has 0 saturated carbocycles. The summed E-state index contributed by atoms with van der Waals surface area (Å²) >= 11 is 5.92. The Bertz CT molecular complexity index is 394. The van der Waals surface area contributed by atoms with Crippen LogP contribution in [0.3, 0.4) is 0 Å². The first-order chi connectivity index (χ1) is 9.04. The Labute approximate surface area is 121 Å². The zero-order valence-corrected chi connectivity index (χ0v) is 12.6. The first kappa shape index (κ1) is 14.6. The monoisotopic (exact) mass is 281 g/mol. The molecule has 1 aliphatic rings. The lowest BCUT2D eigenvalue weighted by molar-refractivity contribution is 0.144. The van der Waals surface area contributed by atoms with E-state index in [4.69, 9.17) is 17.3 Å². The summed E-state index contributed by atoms with van der Waals surface area (Å²) in [6.45, 7) is 7.39. The molecule has 0 radical (unpaired) electrons. The van der Waals surface area contributed by atoms with Crippen molar-refractivity contribution < 1.29 is 0 Å². The van der Waals surface area contributed by atoms with Gasteiger partial charge in [-0.15, -0.1) is 0 Å². The third kappa shape index (κ3) is 3.62. The smallest absolute Gasteiger partial charge is 0.0520 e. The zero-order chi connectivity index (χ0) is 13.9. The van der Waals surface area contributed by atoms with Gasteiger partial charge in [-0.1, -0.05) is 11.6 Å². The van der Waals surface area contributed by atoms with E-state index in [1.54, 1.807) is 0 Å². The summed E-state index contributed by atoms with van der Waals surface area (Å²) in [6, 6.07) is 8.49.